The third-order valence-electron chi connectivity index (χ3n) is 5.58. The van der Waals surface area contributed by atoms with E-state index < -0.39 is 11.7 Å². The Balaban J connectivity index is 1.61. The van der Waals surface area contributed by atoms with Gasteiger partial charge in [-0.2, -0.15) is 13.2 Å². The van der Waals surface area contributed by atoms with Crippen LogP contribution < -0.4 is 14.2 Å². The minimum Gasteiger partial charge on any atom is -0.493 e. The number of alkyl halides is 3. The highest BCUT2D eigenvalue weighted by molar-refractivity contribution is 6.31. The summed E-state index contributed by atoms with van der Waals surface area (Å²) in [6, 6.07) is 7.29. The van der Waals surface area contributed by atoms with Crippen molar-refractivity contribution in [2.45, 2.75) is 12.7 Å². The molecule has 0 saturated carbocycles. The van der Waals surface area contributed by atoms with Gasteiger partial charge in [-0.3, -0.25) is 9.69 Å². The first-order chi connectivity index (χ1) is 16.2. The Labute approximate surface area is 201 Å². The zero-order valence-corrected chi connectivity index (χ0v) is 19.9. The number of carbonyl (C=O) groups excluding carboxylic acids is 1. The molecule has 1 aliphatic rings. The van der Waals surface area contributed by atoms with Crippen LogP contribution in [0, 0.1) is 0 Å². The maximum atomic E-state index is 13.0. The van der Waals surface area contributed by atoms with Crippen molar-refractivity contribution >= 4 is 23.6 Å². The average molecular weight is 499 g/mol. The third-order valence-corrected chi connectivity index (χ3v) is 5.91. The molecule has 10 heteroatoms. The van der Waals surface area contributed by atoms with Crippen molar-refractivity contribution in [3.63, 3.8) is 0 Å². The standard InChI is InChI=1S/C24H26ClF3N2O4/c1-32-20-8-6-17(22(33-2)23(20)34-3)15-29-10-12-30(13-11-29)21(31)9-5-16-4-7-19(25)18(14-16)24(26,27)28/h4-9,14H,10-13,15H2,1-3H3/b9-5+. The van der Waals surface area contributed by atoms with Gasteiger partial charge in [0.2, 0.25) is 11.7 Å². The van der Waals surface area contributed by atoms with Crippen LogP contribution in [-0.2, 0) is 17.5 Å². The van der Waals surface area contributed by atoms with E-state index in [0.29, 0.717) is 50.0 Å². The molecule has 34 heavy (non-hydrogen) atoms. The van der Waals surface area contributed by atoms with Crippen LogP contribution in [0.25, 0.3) is 6.08 Å². The molecule has 1 saturated heterocycles. The van der Waals surface area contributed by atoms with Gasteiger partial charge in [-0.25, -0.2) is 0 Å². The lowest BCUT2D eigenvalue weighted by atomic mass is 10.1. The fraction of sp³-hybridized carbons (Fsp3) is 0.375. The Morgan fingerprint density at radius 1 is 1.00 bits per heavy atom. The highest BCUT2D eigenvalue weighted by atomic mass is 35.5. The first kappa shape index (κ1) is 25.7. The van der Waals surface area contributed by atoms with Gasteiger partial charge in [0.25, 0.3) is 0 Å². The monoisotopic (exact) mass is 498 g/mol. The molecular formula is C24H26ClF3N2O4. The molecule has 0 bridgehead atoms. The molecule has 1 amide bonds. The fourth-order valence-corrected chi connectivity index (χ4v) is 4.02. The van der Waals surface area contributed by atoms with Crippen molar-refractivity contribution in [3.8, 4) is 17.2 Å². The van der Waals surface area contributed by atoms with E-state index in [9.17, 15) is 18.0 Å². The van der Waals surface area contributed by atoms with Gasteiger partial charge in [-0.05, 0) is 29.8 Å². The number of ether oxygens (including phenoxy) is 3. The van der Waals surface area contributed by atoms with Crippen LogP contribution in [0.15, 0.2) is 36.4 Å². The van der Waals surface area contributed by atoms with E-state index in [-0.39, 0.29) is 16.5 Å². The van der Waals surface area contributed by atoms with E-state index in [1.165, 1.54) is 24.3 Å². The van der Waals surface area contributed by atoms with Crippen molar-refractivity contribution in [2.75, 3.05) is 47.5 Å². The number of hydrogen-bond donors (Lipinski definition) is 0. The van der Waals surface area contributed by atoms with Gasteiger partial charge in [0.1, 0.15) is 0 Å². The lowest BCUT2D eigenvalue weighted by Gasteiger charge is -2.34. The molecule has 2 aromatic carbocycles. The zero-order valence-electron chi connectivity index (χ0n) is 19.1. The average Bonchev–Trinajstić information content (AvgIpc) is 2.82. The molecule has 1 aliphatic heterocycles. The van der Waals surface area contributed by atoms with Crippen molar-refractivity contribution in [2.24, 2.45) is 0 Å². The topological polar surface area (TPSA) is 51.2 Å². The summed E-state index contributed by atoms with van der Waals surface area (Å²) in [4.78, 5) is 16.4. The van der Waals surface area contributed by atoms with Crippen molar-refractivity contribution in [1.82, 2.24) is 9.80 Å². The lowest BCUT2D eigenvalue weighted by molar-refractivity contribution is -0.137. The SMILES string of the molecule is COc1ccc(CN2CCN(C(=O)/C=C/c3ccc(Cl)c(C(F)(F)F)c3)CC2)c(OC)c1OC. The first-order valence-electron chi connectivity index (χ1n) is 10.5. The van der Waals surface area contributed by atoms with Crippen LogP contribution in [0.3, 0.4) is 0 Å². The number of amides is 1. The number of carbonyl (C=O) groups is 1. The van der Waals surface area contributed by atoms with Crippen LogP contribution in [0.5, 0.6) is 17.2 Å². The van der Waals surface area contributed by atoms with Crippen molar-refractivity contribution in [3.05, 3.63) is 58.1 Å². The minimum absolute atomic E-state index is 0.254. The van der Waals surface area contributed by atoms with Crippen LogP contribution >= 0.6 is 11.6 Å². The summed E-state index contributed by atoms with van der Waals surface area (Å²) in [5.74, 6) is 1.45. The fourth-order valence-electron chi connectivity index (χ4n) is 3.79. The van der Waals surface area contributed by atoms with E-state index in [1.807, 2.05) is 12.1 Å². The molecule has 0 aliphatic carbocycles. The largest absolute Gasteiger partial charge is 0.493 e. The maximum Gasteiger partial charge on any atom is 0.417 e. The summed E-state index contributed by atoms with van der Waals surface area (Å²) >= 11 is 5.64. The number of methoxy groups -OCH3 is 3. The number of benzene rings is 2. The summed E-state index contributed by atoms with van der Waals surface area (Å²) in [7, 11) is 4.68. The molecular weight excluding hydrogens is 473 g/mol. The van der Waals surface area contributed by atoms with E-state index >= 15 is 0 Å². The third kappa shape index (κ3) is 5.95. The minimum atomic E-state index is -4.56. The summed E-state index contributed by atoms with van der Waals surface area (Å²) in [5.41, 5.74) is 0.259. The van der Waals surface area contributed by atoms with Crippen LogP contribution in [0.2, 0.25) is 5.02 Å². The summed E-state index contributed by atoms with van der Waals surface area (Å²) in [5, 5.41) is -0.377. The predicted octanol–water partition coefficient (Wildman–Crippen LogP) is 4.74. The second kappa shape index (κ2) is 11.0. The summed E-state index contributed by atoms with van der Waals surface area (Å²) < 4.78 is 55.4. The molecule has 0 radical (unpaired) electrons. The molecule has 0 aromatic heterocycles. The molecule has 2 aromatic rings. The first-order valence-corrected chi connectivity index (χ1v) is 10.9. The van der Waals surface area contributed by atoms with E-state index in [4.69, 9.17) is 25.8 Å². The van der Waals surface area contributed by atoms with Crippen molar-refractivity contribution < 1.29 is 32.2 Å². The van der Waals surface area contributed by atoms with Crippen molar-refractivity contribution in [1.29, 1.82) is 0 Å². The Morgan fingerprint density at radius 2 is 1.68 bits per heavy atom. The van der Waals surface area contributed by atoms with Crippen LogP contribution in [0.1, 0.15) is 16.7 Å². The van der Waals surface area contributed by atoms with Gasteiger partial charge in [0.05, 0.1) is 31.9 Å². The molecule has 1 heterocycles. The number of nitrogens with zero attached hydrogens (tertiary/aromatic N) is 2. The normalized spacial score (nSPS) is 15.0. The highest BCUT2D eigenvalue weighted by Gasteiger charge is 2.33. The Hall–Kier alpha value is -2.91. The second-order valence-corrected chi connectivity index (χ2v) is 8.07. The molecule has 0 atom stereocenters. The number of rotatable bonds is 7. The highest BCUT2D eigenvalue weighted by Crippen LogP contribution is 2.40. The maximum absolute atomic E-state index is 13.0. The van der Waals surface area contributed by atoms with Gasteiger partial charge in [-0.1, -0.05) is 23.7 Å². The van der Waals surface area contributed by atoms with Gasteiger partial charge in [0.15, 0.2) is 11.5 Å². The van der Waals surface area contributed by atoms with Gasteiger partial charge < -0.3 is 19.1 Å². The van der Waals surface area contributed by atoms with Gasteiger partial charge >= 0.3 is 6.18 Å². The Morgan fingerprint density at radius 3 is 2.26 bits per heavy atom. The van der Waals surface area contributed by atoms with Crippen LogP contribution in [-0.4, -0.2) is 63.2 Å². The number of halogens is 4. The van der Waals surface area contributed by atoms with E-state index in [0.717, 1.165) is 11.6 Å². The predicted molar refractivity (Wildman–Crippen MR) is 123 cm³/mol. The smallest absolute Gasteiger partial charge is 0.417 e. The quantitative estimate of drug-likeness (QED) is 0.516. The molecule has 3 rings (SSSR count). The Kier molecular flexibility index (Phi) is 8.33. The van der Waals surface area contributed by atoms with Gasteiger partial charge in [-0.15, -0.1) is 0 Å². The van der Waals surface area contributed by atoms with E-state index in [1.54, 1.807) is 26.2 Å². The zero-order chi connectivity index (χ0) is 24.9. The molecule has 1 fully saturated rings. The Bertz CT molecular complexity index is 1050. The van der Waals surface area contributed by atoms with Crippen LogP contribution in [0.4, 0.5) is 13.2 Å². The molecule has 184 valence electrons. The van der Waals surface area contributed by atoms with Gasteiger partial charge in [0, 0.05) is 44.4 Å². The lowest BCUT2D eigenvalue weighted by Crippen LogP contribution is -2.47. The molecule has 0 spiro atoms. The second-order valence-electron chi connectivity index (χ2n) is 7.67. The van der Waals surface area contributed by atoms with E-state index in [2.05, 4.69) is 4.90 Å². The molecule has 0 unspecified atom stereocenters. The molecule has 6 nitrogen and oxygen atoms in total. The summed E-state index contributed by atoms with van der Waals surface area (Å²) in [6.07, 6.45) is -1.90. The summed E-state index contributed by atoms with van der Waals surface area (Å²) in [6.45, 7) is 2.86. The number of piperazine rings is 1. The molecule has 0 N–H and O–H groups in total. The number of hydrogen-bond acceptors (Lipinski definition) is 5.